The highest BCUT2D eigenvalue weighted by atomic mass is 79.9. The first-order valence-electron chi connectivity index (χ1n) is 4.04. The summed E-state index contributed by atoms with van der Waals surface area (Å²) in [6.07, 6.45) is -0.111. The molecule has 14 heavy (non-hydrogen) atoms. The van der Waals surface area contributed by atoms with Crippen LogP contribution in [0.3, 0.4) is 0 Å². The summed E-state index contributed by atoms with van der Waals surface area (Å²) >= 11 is 3.14. The van der Waals surface area contributed by atoms with Gasteiger partial charge in [-0.05, 0) is 6.42 Å². The molecular weight excluding hydrogens is 255 g/mol. The second kappa shape index (κ2) is 5.33. The van der Waals surface area contributed by atoms with Crippen LogP contribution in [0.25, 0.3) is 0 Å². The lowest BCUT2D eigenvalue weighted by Crippen LogP contribution is -2.19. The molecule has 2 N–H and O–H groups in total. The van der Waals surface area contributed by atoms with Crippen molar-refractivity contribution in [3.8, 4) is 0 Å². The Hall–Kier alpha value is -0.590. The predicted molar refractivity (Wildman–Crippen MR) is 51.4 cm³/mol. The zero-order chi connectivity index (χ0) is 10.6. The zero-order valence-corrected chi connectivity index (χ0v) is 8.85. The first kappa shape index (κ1) is 11.5. The fourth-order valence-electron chi connectivity index (χ4n) is 0.967. The molecule has 0 fully saturated rings. The molecule has 0 radical (unpaired) electrons. The fraction of sp³-hybridized carbons (Fsp3) is 0.500. The topological polar surface area (TPSA) is 66.2 Å². The summed E-state index contributed by atoms with van der Waals surface area (Å²) < 4.78 is 12.3. The maximum atomic E-state index is 12.3. The number of aromatic nitrogens is 2. The number of rotatable bonds is 4. The molecule has 1 aromatic rings. The van der Waals surface area contributed by atoms with Crippen molar-refractivity contribution in [2.24, 2.45) is 0 Å². The largest absolute Gasteiger partial charge is 0.390 e. The molecule has 0 bridgehead atoms. The van der Waals surface area contributed by atoms with Crippen LogP contribution in [0.2, 0.25) is 0 Å². The highest BCUT2D eigenvalue weighted by Gasteiger charge is 2.18. The summed E-state index contributed by atoms with van der Waals surface area (Å²) in [5.74, 6) is 0. The number of hydrogen-bond donors (Lipinski definition) is 2. The minimum absolute atomic E-state index is 0.305. The van der Waals surface area contributed by atoms with E-state index in [9.17, 15) is 14.6 Å². The minimum Gasteiger partial charge on any atom is -0.390 e. The average molecular weight is 265 g/mol. The third-order valence-electron chi connectivity index (χ3n) is 1.75. The zero-order valence-electron chi connectivity index (χ0n) is 7.27. The Kier molecular flexibility index (Phi) is 4.37. The first-order valence-corrected chi connectivity index (χ1v) is 5.17. The van der Waals surface area contributed by atoms with E-state index in [4.69, 9.17) is 0 Å². The summed E-state index contributed by atoms with van der Waals surface area (Å²) in [4.78, 5) is 6.56. The van der Waals surface area contributed by atoms with Gasteiger partial charge in [0.25, 0.3) is 0 Å². The number of aliphatic hydroxyl groups excluding tert-OH is 2. The molecule has 1 aromatic heterocycles. The average Bonchev–Trinajstić information content (AvgIpc) is 2.18. The Bertz CT molecular complexity index is 283. The van der Waals surface area contributed by atoms with Gasteiger partial charge in [-0.3, -0.25) is 0 Å². The molecule has 6 heteroatoms. The second-order valence-corrected chi connectivity index (χ2v) is 3.57. The van der Waals surface area contributed by atoms with E-state index >= 15 is 0 Å². The van der Waals surface area contributed by atoms with Crippen molar-refractivity contribution in [3.05, 3.63) is 24.0 Å². The summed E-state index contributed by atoms with van der Waals surface area (Å²) in [5.41, 5.74) is 0.305. The molecule has 0 aliphatic carbocycles. The maximum Gasteiger partial charge on any atom is 0.308 e. The van der Waals surface area contributed by atoms with Crippen LogP contribution in [-0.4, -0.2) is 31.6 Å². The summed E-state index contributed by atoms with van der Waals surface area (Å²) in [6.45, 7) is 0. The van der Waals surface area contributed by atoms with Gasteiger partial charge in [0.05, 0.1) is 6.10 Å². The lowest BCUT2D eigenvalue weighted by Gasteiger charge is -2.15. The van der Waals surface area contributed by atoms with Crippen LogP contribution in [0, 0.1) is 6.08 Å². The van der Waals surface area contributed by atoms with E-state index in [-0.39, 0.29) is 0 Å². The Morgan fingerprint density at radius 2 is 1.93 bits per heavy atom. The summed E-state index contributed by atoms with van der Waals surface area (Å²) in [6, 6.07) is 0. The molecule has 0 saturated heterocycles. The molecule has 2 atom stereocenters. The molecule has 0 aromatic carbocycles. The van der Waals surface area contributed by atoms with Crippen LogP contribution >= 0.6 is 15.9 Å². The van der Waals surface area contributed by atoms with Crippen LogP contribution in [0.15, 0.2) is 12.4 Å². The normalized spacial score (nSPS) is 15.1. The van der Waals surface area contributed by atoms with Gasteiger partial charge in [-0.2, -0.15) is 4.39 Å². The van der Waals surface area contributed by atoms with Crippen molar-refractivity contribution in [3.63, 3.8) is 0 Å². The van der Waals surface area contributed by atoms with Gasteiger partial charge in [-0.15, -0.1) is 0 Å². The molecule has 4 nitrogen and oxygen atoms in total. The Labute approximate surface area is 89.0 Å². The van der Waals surface area contributed by atoms with E-state index in [1.165, 1.54) is 0 Å². The van der Waals surface area contributed by atoms with Gasteiger partial charge >= 0.3 is 6.08 Å². The van der Waals surface area contributed by atoms with Gasteiger partial charge < -0.3 is 10.2 Å². The highest BCUT2D eigenvalue weighted by Crippen LogP contribution is 2.17. The van der Waals surface area contributed by atoms with E-state index in [0.29, 0.717) is 17.3 Å². The van der Waals surface area contributed by atoms with E-state index in [2.05, 4.69) is 25.9 Å². The van der Waals surface area contributed by atoms with Gasteiger partial charge in [0.1, 0.15) is 6.10 Å². The SMILES string of the molecule is OC(CCBr)C(O)c1cnc(F)nc1. The molecule has 1 rings (SSSR count). The number of halogens is 2. The molecule has 1 heterocycles. The summed E-state index contributed by atoms with van der Waals surface area (Å²) in [5, 5.41) is 19.5. The van der Waals surface area contributed by atoms with Crippen molar-refractivity contribution < 1.29 is 14.6 Å². The number of aliphatic hydroxyl groups is 2. The van der Waals surface area contributed by atoms with Crippen molar-refractivity contribution in [1.82, 2.24) is 9.97 Å². The number of nitrogens with zero attached hydrogens (tertiary/aromatic N) is 2. The Morgan fingerprint density at radius 3 is 2.43 bits per heavy atom. The van der Waals surface area contributed by atoms with Gasteiger partial charge in [-0.1, -0.05) is 15.9 Å². The predicted octanol–water partition coefficient (Wildman–Crippen LogP) is 0.795. The lowest BCUT2D eigenvalue weighted by molar-refractivity contribution is 0.0168. The molecule has 0 saturated carbocycles. The smallest absolute Gasteiger partial charge is 0.308 e. The van der Waals surface area contributed by atoms with E-state index in [1.54, 1.807) is 0 Å². The van der Waals surface area contributed by atoms with Crippen LogP contribution in [0.5, 0.6) is 0 Å². The molecule has 0 spiro atoms. The van der Waals surface area contributed by atoms with Crippen LogP contribution in [0.1, 0.15) is 18.1 Å². The first-order chi connectivity index (χ1) is 6.65. The Balaban J connectivity index is 2.68. The molecule has 78 valence electrons. The van der Waals surface area contributed by atoms with Crippen LogP contribution < -0.4 is 0 Å². The van der Waals surface area contributed by atoms with Crippen molar-refractivity contribution in [1.29, 1.82) is 0 Å². The maximum absolute atomic E-state index is 12.3. The molecule has 2 unspecified atom stereocenters. The van der Waals surface area contributed by atoms with E-state index in [1.807, 2.05) is 0 Å². The monoisotopic (exact) mass is 264 g/mol. The second-order valence-electron chi connectivity index (χ2n) is 2.78. The van der Waals surface area contributed by atoms with Crippen LogP contribution in [0.4, 0.5) is 4.39 Å². The van der Waals surface area contributed by atoms with Gasteiger partial charge in [0.15, 0.2) is 0 Å². The van der Waals surface area contributed by atoms with Crippen molar-refractivity contribution in [2.75, 3.05) is 5.33 Å². The van der Waals surface area contributed by atoms with Gasteiger partial charge in [0.2, 0.25) is 0 Å². The molecule has 0 amide bonds. The van der Waals surface area contributed by atoms with Gasteiger partial charge in [0, 0.05) is 23.3 Å². The number of hydrogen-bond acceptors (Lipinski definition) is 4. The Morgan fingerprint density at radius 1 is 1.36 bits per heavy atom. The molecule has 0 aliphatic rings. The van der Waals surface area contributed by atoms with E-state index in [0.717, 1.165) is 12.4 Å². The third-order valence-corrected chi connectivity index (χ3v) is 2.21. The minimum atomic E-state index is -1.08. The fourth-order valence-corrected chi connectivity index (χ4v) is 1.44. The number of alkyl halides is 1. The van der Waals surface area contributed by atoms with Crippen molar-refractivity contribution in [2.45, 2.75) is 18.6 Å². The van der Waals surface area contributed by atoms with Gasteiger partial charge in [-0.25, -0.2) is 9.97 Å². The lowest BCUT2D eigenvalue weighted by atomic mass is 10.1. The quantitative estimate of drug-likeness (QED) is 0.624. The highest BCUT2D eigenvalue weighted by molar-refractivity contribution is 9.09. The summed E-state index contributed by atoms with van der Waals surface area (Å²) in [7, 11) is 0. The molecular formula is C8H10BrFN2O2. The van der Waals surface area contributed by atoms with Crippen LogP contribution in [-0.2, 0) is 0 Å². The molecule has 0 aliphatic heterocycles. The third kappa shape index (κ3) is 2.97. The van der Waals surface area contributed by atoms with Crippen molar-refractivity contribution >= 4 is 15.9 Å². The standard InChI is InChI=1S/C8H10BrFN2O2/c9-2-1-6(13)7(14)5-3-11-8(10)12-4-5/h3-4,6-7,13-14H,1-2H2. The van der Waals surface area contributed by atoms with E-state index < -0.39 is 18.3 Å².